The molecule has 2 atom stereocenters. The van der Waals surface area contributed by atoms with Gasteiger partial charge in [0.2, 0.25) is 5.91 Å². The van der Waals surface area contributed by atoms with Crippen LogP contribution in [-0.4, -0.2) is 32.7 Å². The molecule has 5 heteroatoms. The molecule has 2 N–H and O–H groups in total. The Morgan fingerprint density at radius 3 is 2.73 bits per heavy atom. The Balaban J connectivity index is 1.59. The predicted molar refractivity (Wildman–Crippen MR) is 121 cm³/mol. The van der Waals surface area contributed by atoms with Gasteiger partial charge in [0, 0.05) is 48.8 Å². The number of rotatable bonds is 5. The lowest BCUT2D eigenvalue weighted by Crippen LogP contribution is -2.45. The van der Waals surface area contributed by atoms with Gasteiger partial charge < -0.3 is 20.3 Å². The summed E-state index contributed by atoms with van der Waals surface area (Å²) in [4.78, 5) is 14.3. The topological polar surface area (TPSA) is 53.6 Å². The van der Waals surface area contributed by atoms with E-state index in [1.54, 1.807) is 12.0 Å². The summed E-state index contributed by atoms with van der Waals surface area (Å²) < 4.78 is 5.76. The van der Waals surface area contributed by atoms with Crippen molar-refractivity contribution in [2.75, 3.05) is 25.6 Å². The summed E-state index contributed by atoms with van der Waals surface area (Å²) in [6, 6.07) is 15.6. The largest absolute Gasteiger partial charge is 0.496 e. The van der Waals surface area contributed by atoms with Gasteiger partial charge in [0.1, 0.15) is 5.75 Å². The number of nitrogens with zero attached hydrogens (tertiary/aromatic N) is 1. The number of ether oxygens (including phenoxy) is 1. The molecule has 0 spiro atoms. The molecule has 0 aromatic heterocycles. The minimum atomic E-state index is -0.191. The highest BCUT2D eigenvalue weighted by molar-refractivity contribution is 5.97. The number of benzene rings is 2. The fraction of sp³-hybridized carbons (Fsp3) is 0.480. The van der Waals surface area contributed by atoms with Gasteiger partial charge >= 0.3 is 0 Å². The van der Waals surface area contributed by atoms with Gasteiger partial charge in [-0.05, 0) is 42.6 Å². The normalized spacial score (nSPS) is 23.2. The molecular formula is C25H33N3O2. The van der Waals surface area contributed by atoms with Crippen LogP contribution >= 0.6 is 0 Å². The van der Waals surface area contributed by atoms with E-state index in [0.29, 0.717) is 25.0 Å². The molecule has 160 valence electrons. The van der Waals surface area contributed by atoms with E-state index >= 15 is 0 Å². The van der Waals surface area contributed by atoms with E-state index in [2.05, 4.69) is 66.9 Å². The number of nitrogens with one attached hydrogen (secondary N) is 2. The molecule has 2 aromatic rings. The molecule has 1 amide bonds. The fourth-order valence-electron chi connectivity index (χ4n) is 4.85. The van der Waals surface area contributed by atoms with Crippen molar-refractivity contribution in [3.8, 4) is 5.75 Å². The zero-order chi connectivity index (χ0) is 21.3. The van der Waals surface area contributed by atoms with Crippen molar-refractivity contribution < 1.29 is 9.53 Å². The predicted octanol–water partition coefficient (Wildman–Crippen LogP) is 3.92. The number of anilines is 1. The van der Waals surface area contributed by atoms with E-state index in [1.165, 1.54) is 11.1 Å². The van der Waals surface area contributed by atoms with E-state index in [1.807, 2.05) is 7.05 Å². The first-order valence-corrected chi connectivity index (χ1v) is 10.9. The molecule has 1 saturated heterocycles. The summed E-state index contributed by atoms with van der Waals surface area (Å²) >= 11 is 0. The molecular weight excluding hydrogens is 374 g/mol. The summed E-state index contributed by atoms with van der Waals surface area (Å²) in [5, 5.41) is 7.45. The van der Waals surface area contributed by atoms with Crippen LogP contribution in [0.5, 0.6) is 5.75 Å². The summed E-state index contributed by atoms with van der Waals surface area (Å²) in [5.41, 5.74) is 4.39. The van der Waals surface area contributed by atoms with Gasteiger partial charge in [0.25, 0.3) is 0 Å². The first-order chi connectivity index (χ1) is 14.4. The van der Waals surface area contributed by atoms with Crippen LogP contribution in [0.25, 0.3) is 0 Å². The number of carbonyl (C=O) groups excluding carboxylic acids is 1. The van der Waals surface area contributed by atoms with Crippen molar-refractivity contribution in [2.24, 2.45) is 0 Å². The van der Waals surface area contributed by atoms with Crippen LogP contribution in [0.2, 0.25) is 0 Å². The van der Waals surface area contributed by atoms with Crippen LogP contribution in [0.15, 0.2) is 42.5 Å². The van der Waals surface area contributed by atoms with Gasteiger partial charge in [-0.1, -0.05) is 44.2 Å². The Morgan fingerprint density at radius 1 is 1.23 bits per heavy atom. The van der Waals surface area contributed by atoms with Crippen molar-refractivity contribution in [2.45, 2.75) is 57.2 Å². The molecule has 0 radical (unpaired) electrons. The minimum Gasteiger partial charge on any atom is -0.496 e. The standard InChI is InChI=1S/C25H33N3O2/c1-25(2)15-23(29)28(3)21-13-18(22(30-4)14-19(21)25)16-27-20-11-8-12-26-24(20)17-9-6-5-7-10-17/h5-7,9-10,13-14,20,24,26-27H,8,11-12,15-16H2,1-4H3. The first-order valence-electron chi connectivity index (χ1n) is 10.9. The number of hydrogen-bond acceptors (Lipinski definition) is 4. The van der Waals surface area contributed by atoms with Gasteiger partial charge in [-0.15, -0.1) is 0 Å². The summed E-state index contributed by atoms with van der Waals surface area (Å²) in [7, 11) is 3.60. The molecule has 2 aliphatic rings. The zero-order valence-corrected chi connectivity index (χ0v) is 18.5. The van der Waals surface area contributed by atoms with Crippen molar-refractivity contribution in [1.82, 2.24) is 10.6 Å². The second-order valence-electron chi connectivity index (χ2n) is 9.17. The maximum absolute atomic E-state index is 12.5. The molecule has 5 nitrogen and oxygen atoms in total. The van der Waals surface area contributed by atoms with Crippen molar-refractivity contribution in [3.05, 3.63) is 59.2 Å². The number of piperidine rings is 1. The summed E-state index contributed by atoms with van der Waals surface area (Å²) in [6.07, 6.45) is 2.81. The van der Waals surface area contributed by atoms with Crippen LogP contribution in [0.3, 0.4) is 0 Å². The molecule has 0 bridgehead atoms. The lowest BCUT2D eigenvalue weighted by Gasteiger charge is -2.38. The monoisotopic (exact) mass is 407 g/mol. The highest BCUT2D eigenvalue weighted by atomic mass is 16.5. The molecule has 2 aliphatic heterocycles. The molecule has 0 saturated carbocycles. The minimum absolute atomic E-state index is 0.164. The number of fused-ring (bicyclic) bond motifs is 1. The lowest BCUT2D eigenvalue weighted by molar-refractivity contribution is -0.119. The Kier molecular flexibility index (Phi) is 5.85. The third kappa shape index (κ3) is 3.96. The molecule has 4 rings (SSSR count). The maximum atomic E-state index is 12.5. The lowest BCUT2D eigenvalue weighted by atomic mass is 9.77. The molecule has 2 heterocycles. The zero-order valence-electron chi connectivity index (χ0n) is 18.5. The van der Waals surface area contributed by atoms with Crippen LogP contribution in [-0.2, 0) is 16.8 Å². The average molecular weight is 408 g/mol. The summed E-state index contributed by atoms with van der Waals surface area (Å²) in [5.74, 6) is 1.05. The number of hydrogen-bond donors (Lipinski definition) is 2. The molecule has 2 unspecified atom stereocenters. The van der Waals surface area contributed by atoms with Gasteiger partial charge in [0.05, 0.1) is 7.11 Å². The van der Waals surface area contributed by atoms with Crippen LogP contribution < -0.4 is 20.3 Å². The highest BCUT2D eigenvalue weighted by Crippen LogP contribution is 2.43. The maximum Gasteiger partial charge on any atom is 0.227 e. The Hall–Kier alpha value is -2.37. The third-order valence-corrected chi connectivity index (χ3v) is 6.63. The fourth-order valence-corrected chi connectivity index (χ4v) is 4.85. The van der Waals surface area contributed by atoms with Gasteiger partial charge in [-0.2, -0.15) is 0 Å². The van der Waals surface area contributed by atoms with Crippen LogP contribution in [0.1, 0.15) is 55.8 Å². The van der Waals surface area contributed by atoms with Gasteiger partial charge in [-0.25, -0.2) is 0 Å². The third-order valence-electron chi connectivity index (χ3n) is 6.63. The van der Waals surface area contributed by atoms with Crippen LogP contribution in [0.4, 0.5) is 5.69 Å². The highest BCUT2D eigenvalue weighted by Gasteiger charge is 2.36. The Labute approximate surface area is 179 Å². The van der Waals surface area contributed by atoms with Crippen molar-refractivity contribution in [1.29, 1.82) is 0 Å². The summed E-state index contributed by atoms with van der Waals surface area (Å²) in [6.45, 7) is 6.01. The van der Waals surface area contributed by atoms with E-state index in [-0.39, 0.29) is 11.3 Å². The van der Waals surface area contributed by atoms with Crippen molar-refractivity contribution >= 4 is 11.6 Å². The molecule has 2 aromatic carbocycles. The quantitative estimate of drug-likeness (QED) is 0.789. The number of methoxy groups -OCH3 is 1. The number of carbonyl (C=O) groups is 1. The second-order valence-corrected chi connectivity index (χ2v) is 9.17. The average Bonchev–Trinajstić information content (AvgIpc) is 2.76. The molecule has 30 heavy (non-hydrogen) atoms. The van der Waals surface area contributed by atoms with E-state index in [9.17, 15) is 4.79 Å². The van der Waals surface area contributed by atoms with E-state index in [4.69, 9.17) is 4.74 Å². The molecule has 0 aliphatic carbocycles. The first kappa shape index (κ1) is 20.9. The Morgan fingerprint density at radius 2 is 2.00 bits per heavy atom. The smallest absolute Gasteiger partial charge is 0.227 e. The van der Waals surface area contributed by atoms with Gasteiger partial charge in [-0.3, -0.25) is 4.79 Å². The number of amides is 1. The van der Waals surface area contributed by atoms with E-state index < -0.39 is 0 Å². The van der Waals surface area contributed by atoms with Gasteiger partial charge in [0.15, 0.2) is 0 Å². The van der Waals surface area contributed by atoms with E-state index in [0.717, 1.165) is 36.4 Å². The Bertz CT molecular complexity index is 910. The second kappa shape index (κ2) is 8.40. The SMILES string of the molecule is COc1cc2c(cc1CNC1CCCNC1c1ccccc1)N(C)C(=O)CC2(C)C. The molecule has 1 fully saturated rings. The van der Waals surface area contributed by atoms with Crippen LogP contribution in [0, 0.1) is 0 Å². The van der Waals surface area contributed by atoms with Crippen molar-refractivity contribution in [3.63, 3.8) is 0 Å².